The standard InChI is InChI=1S/C21H26N4O3/c1-27-9-10-28-21-22-13-18-12-19(26)25(20(18)23-21)15-17-6-4-5-16(11-17)14-24-7-2-3-8-24/h4-6,11,13H,2-3,7-10,12,14-15H2,1H3. The van der Waals surface area contributed by atoms with E-state index in [1.54, 1.807) is 18.2 Å². The molecule has 0 unspecified atom stereocenters. The number of aromatic nitrogens is 2. The minimum Gasteiger partial charge on any atom is -0.461 e. The minimum atomic E-state index is 0.0447. The van der Waals surface area contributed by atoms with E-state index < -0.39 is 0 Å². The first-order valence-electron chi connectivity index (χ1n) is 9.81. The monoisotopic (exact) mass is 382 g/mol. The van der Waals surface area contributed by atoms with Gasteiger partial charge in [0.2, 0.25) is 5.91 Å². The molecule has 0 atom stereocenters. The Bertz CT molecular complexity index is 836. The van der Waals surface area contributed by atoms with E-state index in [-0.39, 0.29) is 11.9 Å². The normalized spacial score (nSPS) is 16.6. The summed E-state index contributed by atoms with van der Waals surface area (Å²) in [5.41, 5.74) is 3.24. The third-order valence-electron chi connectivity index (χ3n) is 5.17. The van der Waals surface area contributed by atoms with Gasteiger partial charge < -0.3 is 9.47 Å². The van der Waals surface area contributed by atoms with Crippen molar-refractivity contribution in [1.82, 2.24) is 14.9 Å². The summed E-state index contributed by atoms with van der Waals surface area (Å²) in [5, 5.41) is 0. The van der Waals surface area contributed by atoms with Gasteiger partial charge in [0.25, 0.3) is 0 Å². The van der Waals surface area contributed by atoms with Crippen molar-refractivity contribution in [2.24, 2.45) is 0 Å². The van der Waals surface area contributed by atoms with Gasteiger partial charge in [-0.1, -0.05) is 24.3 Å². The van der Waals surface area contributed by atoms with E-state index in [2.05, 4.69) is 39.1 Å². The van der Waals surface area contributed by atoms with Gasteiger partial charge in [-0.15, -0.1) is 0 Å². The smallest absolute Gasteiger partial charge is 0.318 e. The summed E-state index contributed by atoms with van der Waals surface area (Å²) >= 11 is 0. The first-order valence-corrected chi connectivity index (χ1v) is 9.81. The fraction of sp³-hybridized carbons (Fsp3) is 0.476. The molecule has 3 heterocycles. The Hall–Kier alpha value is -2.51. The van der Waals surface area contributed by atoms with Crippen molar-refractivity contribution in [3.05, 3.63) is 47.2 Å². The number of hydrogen-bond acceptors (Lipinski definition) is 6. The van der Waals surface area contributed by atoms with Gasteiger partial charge in [-0.25, -0.2) is 4.98 Å². The van der Waals surface area contributed by atoms with Gasteiger partial charge in [0.15, 0.2) is 0 Å². The van der Waals surface area contributed by atoms with Crippen LogP contribution in [0.25, 0.3) is 0 Å². The van der Waals surface area contributed by atoms with Crippen molar-refractivity contribution in [1.29, 1.82) is 0 Å². The summed E-state index contributed by atoms with van der Waals surface area (Å²) < 4.78 is 10.5. The van der Waals surface area contributed by atoms with Crippen LogP contribution in [0.5, 0.6) is 6.01 Å². The molecular formula is C21H26N4O3. The van der Waals surface area contributed by atoms with Gasteiger partial charge >= 0.3 is 6.01 Å². The van der Waals surface area contributed by atoms with E-state index in [0.717, 1.165) is 17.7 Å². The van der Waals surface area contributed by atoms with Crippen LogP contribution < -0.4 is 9.64 Å². The average Bonchev–Trinajstić information content (AvgIpc) is 3.31. The van der Waals surface area contributed by atoms with Gasteiger partial charge in [0, 0.05) is 25.4 Å². The van der Waals surface area contributed by atoms with Crippen molar-refractivity contribution in [3.8, 4) is 6.01 Å². The third-order valence-corrected chi connectivity index (χ3v) is 5.17. The maximum Gasteiger partial charge on any atom is 0.318 e. The molecule has 2 aliphatic heterocycles. The lowest BCUT2D eigenvalue weighted by Gasteiger charge is -2.19. The highest BCUT2D eigenvalue weighted by atomic mass is 16.5. The summed E-state index contributed by atoms with van der Waals surface area (Å²) in [6.07, 6.45) is 4.59. The minimum absolute atomic E-state index is 0.0447. The van der Waals surface area contributed by atoms with Crippen molar-refractivity contribution in [2.75, 3.05) is 38.3 Å². The van der Waals surface area contributed by atoms with Crippen molar-refractivity contribution in [3.63, 3.8) is 0 Å². The number of hydrogen-bond donors (Lipinski definition) is 0. The maximum absolute atomic E-state index is 12.6. The number of amides is 1. The van der Waals surface area contributed by atoms with Crippen LogP contribution in [-0.2, 0) is 29.0 Å². The Morgan fingerprint density at radius 2 is 1.89 bits per heavy atom. The first kappa shape index (κ1) is 18.8. The molecule has 0 saturated carbocycles. The van der Waals surface area contributed by atoms with Crippen LogP contribution in [0.2, 0.25) is 0 Å². The highest BCUT2D eigenvalue weighted by Gasteiger charge is 2.30. The highest BCUT2D eigenvalue weighted by Crippen LogP contribution is 2.29. The van der Waals surface area contributed by atoms with E-state index in [4.69, 9.17) is 9.47 Å². The molecule has 2 aliphatic rings. The van der Waals surface area contributed by atoms with Gasteiger partial charge in [0.05, 0.1) is 19.6 Å². The van der Waals surface area contributed by atoms with Crippen LogP contribution in [0.1, 0.15) is 29.5 Å². The molecule has 1 aromatic heterocycles. The zero-order valence-electron chi connectivity index (χ0n) is 16.3. The number of carbonyl (C=O) groups is 1. The molecule has 1 fully saturated rings. The number of benzene rings is 1. The number of anilines is 1. The molecule has 1 aromatic carbocycles. The summed E-state index contributed by atoms with van der Waals surface area (Å²) in [5.74, 6) is 0.695. The number of rotatable bonds is 8. The average molecular weight is 382 g/mol. The topological polar surface area (TPSA) is 67.8 Å². The lowest BCUT2D eigenvalue weighted by molar-refractivity contribution is -0.117. The molecule has 4 rings (SSSR count). The molecule has 1 saturated heterocycles. The van der Waals surface area contributed by atoms with Crippen molar-refractivity contribution < 1.29 is 14.3 Å². The lowest BCUT2D eigenvalue weighted by atomic mass is 10.1. The SMILES string of the molecule is COCCOc1ncc2c(n1)N(Cc1cccc(CN3CCCC3)c1)C(=O)C2. The van der Waals surface area contributed by atoms with E-state index in [0.29, 0.717) is 32.0 Å². The van der Waals surface area contributed by atoms with E-state index in [1.165, 1.54) is 31.5 Å². The van der Waals surface area contributed by atoms with Crippen LogP contribution in [0, 0.1) is 0 Å². The number of likely N-dealkylation sites (tertiary alicyclic amines) is 1. The number of carbonyl (C=O) groups excluding carboxylic acids is 1. The van der Waals surface area contributed by atoms with E-state index >= 15 is 0 Å². The fourth-order valence-corrected chi connectivity index (χ4v) is 3.77. The molecular weight excluding hydrogens is 356 g/mol. The van der Waals surface area contributed by atoms with Crippen LogP contribution in [0.15, 0.2) is 30.5 Å². The number of methoxy groups -OCH3 is 1. The molecule has 0 bridgehead atoms. The predicted molar refractivity (Wildman–Crippen MR) is 105 cm³/mol. The molecule has 7 nitrogen and oxygen atoms in total. The molecule has 0 N–H and O–H groups in total. The summed E-state index contributed by atoms with van der Waals surface area (Å²) in [7, 11) is 1.62. The fourth-order valence-electron chi connectivity index (χ4n) is 3.77. The summed E-state index contributed by atoms with van der Waals surface area (Å²) in [6, 6.07) is 8.77. The van der Waals surface area contributed by atoms with E-state index in [9.17, 15) is 4.79 Å². The predicted octanol–water partition coefficient (Wildman–Crippen LogP) is 2.19. The second kappa shape index (κ2) is 8.67. The Labute approximate surface area is 165 Å². The second-order valence-corrected chi connectivity index (χ2v) is 7.30. The molecule has 7 heteroatoms. The summed E-state index contributed by atoms with van der Waals surface area (Å²) in [6.45, 7) is 4.66. The maximum atomic E-state index is 12.6. The molecule has 28 heavy (non-hydrogen) atoms. The Morgan fingerprint density at radius 3 is 2.68 bits per heavy atom. The molecule has 1 amide bonds. The van der Waals surface area contributed by atoms with Gasteiger partial charge in [-0.2, -0.15) is 4.98 Å². The number of fused-ring (bicyclic) bond motifs is 1. The van der Waals surface area contributed by atoms with E-state index in [1.807, 2.05) is 0 Å². The number of nitrogens with zero attached hydrogens (tertiary/aromatic N) is 4. The van der Waals surface area contributed by atoms with Crippen LogP contribution in [-0.4, -0.2) is 54.2 Å². The Balaban J connectivity index is 1.48. The Morgan fingerprint density at radius 1 is 1.11 bits per heavy atom. The molecule has 0 spiro atoms. The van der Waals surface area contributed by atoms with Crippen LogP contribution >= 0.6 is 0 Å². The zero-order chi connectivity index (χ0) is 19.3. The van der Waals surface area contributed by atoms with Gasteiger partial charge in [0.1, 0.15) is 12.4 Å². The lowest BCUT2D eigenvalue weighted by Crippen LogP contribution is -2.27. The largest absolute Gasteiger partial charge is 0.461 e. The zero-order valence-corrected chi connectivity index (χ0v) is 16.3. The van der Waals surface area contributed by atoms with Gasteiger partial charge in [-0.05, 0) is 37.1 Å². The quantitative estimate of drug-likeness (QED) is 0.652. The van der Waals surface area contributed by atoms with Crippen LogP contribution in [0.4, 0.5) is 5.82 Å². The molecule has 0 radical (unpaired) electrons. The molecule has 2 aromatic rings. The molecule has 148 valence electrons. The highest BCUT2D eigenvalue weighted by molar-refractivity contribution is 6.00. The van der Waals surface area contributed by atoms with Crippen molar-refractivity contribution in [2.45, 2.75) is 32.4 Å². The second-order valence-electron chi connectivity index (χ2n) is 7.30. The Kier molecular flexibility index (Phi) is 5.83. The summed E-state index contributed by atoms with van der Waals surface area (Å²) in [4.78, 5) is 25.4. The van der Waals surface area contributed by atoms with Crippen LogP contribution in [0.3, 0.4) is 0 Å². The van der Waals surface area contributed by atoms with Gasteiger partial charge in [-0.3, -0.25) is 14.6 Å². The molecule has 0 aliphatic carbocycles. The third kappa shape index (κ3) is 4.31. The van der Waals surface area contributed by atoms with Crippen molar-refractivity contribution >= 4 is 11.7 Å². The first-order chi connectivity index (χ1) is 13.7. The number of ether oxygens (including phenoxy) is 2.